The van der Waals surface area contributed by atoms with Gasteiger partial charge in [0.15, 0.2) is 0 Å². The number of para-hydroxylation sites is 2. The van der Waals surface area contributed by atoms with Crippen molar-refractivity contribution >= 4 is 22.9 Å². The molecule has 0 aliphatic carbocycles. The Kier molecular flexibility index (Phi) is 4.81. The number of carbonyl (C=O) groups is 1. The Labute approximate surface area is 158 Å². The largest absolute Gasteiger partial charge is 0.497 e. The van der Waals surface area contributed by atoms with E-state index in [4.69, 9.17) is 4.74 Å². The Hall–Kier alpha value is -2.86. The minimum atomic E-state index is 0.00498. The van der Waals surface area contributed by atoms with Crippen molar-refractivity contribution in [3.8, 4) is 11.4 Å². The molecule has 1 amide bonds. The number of carbonyl (C=O) groups excluding carboxylic acids is 1. The van der Waals surface area contributed by atoms with Crippen LogP contribution in [0.15, 0.2) is 48.5 Å². The molecule has 6 heteroatoms. The lowest BCUT2D eigenvalue weighted by atomic mass is 9.92. The number of fused-ring (bicyclic) bond motifs is 1. The number of rotatable bonds is 4. The van der Waals surface area contributed by atoms with Crippen LogP contribution in [-0.4, -0.2) is 35.2 Å². The van der Waals surface area contributed by atoms with Gasteiger partial charge in [0.25, 0.3) is 0 Å². The highest BCUT2D eigenvalue weighted by Crippen LogP contribution is 2.27. The fraction of sp³-hybridized carbons (Fsp3) is 0.333. The number of hydrogen-bond acceptors (Lipinski definition) is 4. The van der Waals surface area contributed by atoms with E-state index in [1.54, 1.807) is 7.11 Å². The first-order valence-electron chi connectivity index (χ1n) is 9.32. The fourth-order valence-corrected chi connectivity index (χ4v) is 3.68. The molecule has 0 bridgehead atoms. The fourth-order valence-electron chi connectivity index (χ4n) is 3.68. The number of nitrogens with one attached hydrogen (secondary N) is 2. The van der Waals surface area contributed by atoms with E-state index < -0.39 is 0 Å². The van der Waals surface area contributed by atoms with Crippen molar-refractivity contribution < 1.29 is 9.53 Å². The lowest BCUT2D eigenvalue weighted by molar-refractivity contribution is -0.120. The maximum atomic E-state index is 12.9. The molecular formula is C21H24N4O2. The molecule has 3 aromatic rings. The van der Waals surface area contributed by atoms with Gasteiger partial charge in [0.1, 0.15) is 5.75 Å². The van der Waals surface area contributed by atoms with Crippen molar-refractivity contribution in [3.05, 3.63) is 48.5 Å². The van der Waals surface area contributed by atoms with Crippen molar-refractivity contribution in [3.63, 3.8) is 0 Å². The third kappa shape index (κ3) is 3.53. The summed E-state index contributed by atoms with van der Waals surface area (Å²) in [5, 5.41) is 6.46. The molecule has 4 rings (SSSR count). The first-order valence-corrected chi connectivity index (χ1v) is 9.32. The van der Waals surface area contributed by atoms with Crippen molar-refractivity contribution in [2.45, 2.75) is 25.8 Å². The Balaban J connectivity index is 1.70. The second-order valence-electron chi connectivity index (χ2n) is 7.02. The number of imidazole rings is 1. The van der Waals surface area contributed by atoms with Crippen molar-refractivity contribution in [1.82, 2.24) is 14.9 Å². The van der Waals surface area contributed by atoms with E-state index in [1.165, 1.54) is 0 Å². The first kappa shape index (κ1) is 17.5. The molecule has 1 fully saturated rings. The van der Waals surface area contributed by atoms with Crippen molar-refractivity contribution in [1.29, 1.82) is 0 Å². The van der Waals surface area contributed by atoms with Crippen LogP contribution in [-0.2, 0) is 4.79 Å². The molecule has 1 aliphatic rings. The summed E-state index contributed by atoms with van der Waals surface area (Å²) in [6, 6.07) is 16.0. The van der Waals surface area contributed by atoms with Gasteiger partial charge in [-0.3, -0.25) is 14.7 Å². The van der Waals surface area contributed by atoms with Crippen LogP contribution >= 0.6 is 0 Å². The van der Waals surface area contributed by atoms with Crippen molar-refractivity contribution in [2.24, 2.45) is 5.92 Å². The Bertz CT molecular complexity index is 948. The van der Waals surface area contributed by atoms with E-state index in [1.807, 2.05) is 53.1 Å². The number of aromatic nitrogens is 2. The van der Waals surface area contributed by atoms with Crippen LogP contribution in [0.3, 0.4) is 0 Å². The van der Waals surface area contributed by atoms with Crippen LogP contribution in [0, 0.1) is 5.92 Å². The topological polar surface area (TPSA) is 68.2 Å². The molecule has 0 saturated carbocycles. The molecule has 2 aromatic carbocycles. The lowest BCUT2D eigenvalue weighted by Crippen LogP contribution is -2.40. The Morgan fingerprint density at radius 3 is 2.74 bits per heavy atom. The number of hydrogen-bond donors (Lipinski definition) is 2. The average molecular weight is 364 g/mol. The highest BCUT2D eigenvalue weighted by Gasteiger charge is 2.26. The second kappa shape index (κ2) is 7.40. The zero-order valence-electron chi connectivity index (χ0n) is 15.6. The molecule has 1 aromatic heterocycles. The molecule has 0 radical (unpaired) electrons. The minimum absolute atomic E-state index is 0.00498. The van der Waals surface area contributed by atoms with Gasteiger partial charge >= 0.3 is 0 Å². The summed E-state index contributed by atoms with van der Waals surface area (Å²) in [4.78, 5) is 17.5. The van der Waals surface area contributed by atoms with Crippen LogP contribution < -0.4 is 15.4 Å². The van der Waals surface area contributed by atoms with Gasteiger partial charge in [-0.1, -0.05) is 12.1 Å². The number of amides is 1. The minimum Gasteiger partial charge on any atom is -0.497 e. The summed E-state index contributed by atoms with van der Waals surface area (Å²) >= 11 is 0. The van der Waals surface area contributed by atoms with Gasteiger partial charge in [-0.2, -0.15) is 0 Å². The smallest absolute Gasteiger partial charge is 0.229 e. The summed E-state index contributed by atoms with van der Waals surface area (Å²) in [7, 11) is 1.65. The van der Waals surface area contributed by atoms with Gasteiger partial charge in [0.05, 0.1) is 18.1 Å². The molecule has 27 heavy (non-hydrogen) atoms. The lowest BCUT2D eigenvalue weighted by Gasteiger charge is -2.27. The predicted molar refractivity (Wildman–Crippen MR) is 106 cm³/mol. The van der Waals surface area contributed by atoms with Gasteiger partial charge in [-0.25, -0.2) is 4.98 Å². The number of piperidine rings is 1. The van der Waals surface area contributed by atoms with Gasteiger partial charge in [-0.15, -0.1) is 0 Å². The SMILES string of the molecule is COc1ccc(-n2c(NC(=O)[C@H]3CCN[C@@H](C)C3)nc3ccccc32)cc1. The van der Waals surface area contributed by atoms with E-state index in [0.29, 0.717) is 12.0 Å². The molecule has 1 saturated heterocycles. The van der Waals surface area contributed by atoms with E-state index >= 15 is 0 Å². The van der Waals surface area contributed by atoms with Gasteiger partial charge in [-0.05, 0) is 62.7 Å². The third-order valence-corrected chi connectivity index (χ3v) is 5.12. The number of ether oxygens (including phenoxy) is 1. The highest BCUT2D eigenvalue weighted by molar-refractivity contribution is 5.94. The Morgan fingerprint density at radius 1 is 1.22 bits per heavy atom. The van der Waals surface area contributed by atoms with E-state index in [0.717, 1.165) is 41.9 Å². The molecule has 140 valence electrons. The molecule has 1 aliphatic heterocycles. The van der Waals surface area contributed by atoms with Gasteiger partial charge < -0.3 is 10.1 Å². The molecule has 2 N–H and O–H groups in total. The van der Waals surface area contributed by atoms with Crippen LogP contribution in [0.4, 0.5) is 5.95 Å². The first-order chi connectivity index (χ1) is 13.2. The monoisotopic (exact) mass is 364 g/mol. The van der Waals surface area contributed by atoms with Crippen LogP contribution in [0.5, 0.6) is 5.75 Å². The molecule has 0 spiro atoms. The summed E-state index contributed by atoms with van der Waals surface area (Å²) in [5.41, 5.74) is 2.73. The molecule has 2 atom stereocenters. The standard InChI is InChI=1S/C21H24N4O2/c1-14-13-15(11-12-22-14)20(26)24-21-23-18-5-3-4-6-19(18)25(21)16-7-9-17(27-2)10-8-16/h3-10,14-15,22H,11-13H2,1-2H3,(H,23,24,26)/t14-,15-/m0/s1. The molecule has 0 unspecified atom stereocenters. The van der Waals surface area contributed by atoms with E-state index in [9.17, 15) is 4.79 Å². The van der Waals surface area contributed by atoms with Gasteiger partial charge in [0.2, 0.25) is 11.9 Å². The average Bonchev–Trinajstić information content (AvgIpc) is 3.06. The number of methoxy groups -OCH3 is 1. The summed E-state index contributed by atoms with van der Waals surface area (Å²) in [5.74, 6) is 1.38. The summed E-state index contributed by atoms with van der Waals surface area (Å²) in [6.45, 7) is 2.99. The normalized spacial score (nSPS) is 19.8. The van der Waals surface area contributed by atoms with Crippen LogP contribution in [0.25, 0.3) is 16.7 Å². The van der Waals surface area contributed by atoms with E-state index in [-0.39, 0.29) is 11.8 Å². The molecule has 6 nitrogen and oxygen atoms in total. The molecule has 2 heterocycles. The number of anilines is 1. The quantitative estimate of drug-likeness (QED) is 0.745. The number of nitrogens with zero attached hydrogens (tertiary/aromatic N) is 2. The summed E-state index contributed by atoms with van der Waals surface area (Å²) in [6.07, 6.45) is 1.69. The van der Waals surface area contributed by atoms with Crippen LogP contribution in [0.1, 0.15) is 19.8 Å². The zero-order chi connectivity index (χ0) is 18.8. The highest BCUT2D eigenvalue weighted by atomic mass is 16.5. The molecular weight excluding hydrogens is 340 g/mol. The Morgan fingerprint density at radius 2 is 2.00 bits per heavy atom. The zero-order valence-corrected chi connectivity index (χ0v) is 15.6. The third-order valence-electron chi connectivity index (χ3n) is 5.12. The summed E-state index contributed by atoms with van der Waals surface area (Å²) < 4.78 is 7.24. The number of benzene rings is 2. The van der Waals surface area contributed by atoms with E-state index in [2.05, 4.69) is 22.5 Å². The predicted octanol–water partition coefficient (Wildman–Crippen LogP) is 3.36. The maximum Gasteiger partial charge on any atom is 0.229 e. The maximum absolute atomic E-state index is 12.9. The van der Waals surface area contributed by atoms with Gasteiger partial charge in [0, 0.05) is 17.6 Å². The van der Waals surface area contributed by atoms with Crippen LogP contribution in [0.2, 0.25) is 0 Å². The van der Waals surface area contributed by atoms with Crippen molar-refractivity contribution in [2.75, 3.05) is 19.0 Å². The second-order valence-corrected chi connectivity index (χ2v) is 7.02.